The Morgan fingerprint density at radius 3 is 0.328 bits per heavy atom. The number of rotatable bonds is 58. The Labute approximate surface area is 408 Å². The van der Waals surface area contributed by atoms with Gasteiger partial charge in [0.05, 0.1) is 0 Å². The predicted molar refractivity (Wildman–Crippen MR) is 297 cm³/mol. The molecule has 0 unspecified atom stereocenters. The lowest BCUT2D eigenvalue weighted by molar-refractivity contribution is 0.508. The average molecular weight is 894 g/mol. The van der Waals surface area contributed by atoms with Crippen molar-refractivity contribution in [3.8, 4) is 0 Å². The molecule has 0 aromatic rings. The van der Waals surface area contributed by atoms with Gasteiger partial charge in [-0.15, -0.1) is 0 Å². The summed E-state index contributed by atoms with van der Waals surface area (Å²) in [6, 6.07) is 0. The summed E-state index contributed by atoms with van der Waals surface area (Å²) in [5.41, 5.74) is 0. The highest BCUT2D eigenvalue weighted by molar-refractivity contribution is 4.81. The highest BCUT2D eigenvalue weighted by Gasteiger charge is 1.99. The van der Waals surface area contributed by atoms with E-state index < -0.39 is 0 Å². The van der Waals surface area contributed by atoms with E-state index >= 15 is 0 Å². The van der Waals surface area contributed by atoms with Gasteiger partial charge < -0.3 is 0 Å². The number of unbranched alkanes of at least 4 members (excludes halogenated alkanes) is 54. The molecule has 0 aromatic carbocycles. The maximum atomic E-state index is 2.45. The van der Waals surface area contributed by atoms with Crippen LogP contribution in [0.15, 0.2) is 36.5 Å². The molecule has 0 aliphatic rings. The summed E-state index contributed by atoms with van der Waals surface area (Å²) in [6.45, 7) is 4.26. The average Bonchev–Trinajstić information content (AvgIpc) is 3.31. The van der Waals surface area contributed by atoms with Gasteiger partial charge in [-0.3, -0.25) is 0 Å². The summed E-state index contributed by atoms with van der Waals surface area (Å²) in [7, 11) is 0. The Bertz CT molecular complexity index is 861. The lowest BCUT2D eigenvalue weighted by Gasteiger charge is -2.05. The molecule has 0 aromatic heterocycles. The van der Waals surface area contributed by atoms with Gasteiger partial charge in [-0.1, -0.05) is 345 Å². The van der Waals surface area contributed by atoms with Crippen LogP contribution in [0, 0.1) is 0 Å². The molecule has 0 heterocycles. The van der Waals surface area contributed by atoms with Gasteiger partial charge in [0.1, 0.15) is 0 Å². The van der Waals surface area contributed by atoms with Crippen LogP contribution in [-0.4, -0.2) is 0 Å². The van der Waals surface area contributed by atoms with Crippen molar-refractivity contribution < 1.29 is 0 Å². The van der Waals surface area contributed by atoms with E-state index in [4.69, 9.17) is 0 Å². The maximum Gasteiger partial charge on any atom is -0.0351 e. The van der Waals surface area contributed by atoms with Crippen molar-refractivity contribution in [1.82, 2.24) is 0 Å². The molecule has 0 atom stereocenters. The van der Waals surface area contributed by atoms with Crippen LogP contribution < -0.4 is 0 Å². The lowest BCUT2D eigenvalue weighted by Crippen LogP contribution is -1.85. The summed E-state index contributed by atoms with van der Waals surface area (Å²) in [5, 5.41) is 0. The molecule has 0 amide bonds. The van der Waals surface area contributed by atoms with E-state index in [0.29, 0.717) is 0 Å². The van der Waals surface area contributed by atoms with Gasteiger partial charge in [0.25, 0.3) is 0 Å². The van der Waals surface area contributed by atoms with Gasteiger partial charge >= 0.3 is 0 Å². The number of hydrogen-bond acceptors (Lipinski definition) is 0. The molecular weight excluding hydrogens is 769 g/mol. The van der Waals surface area contributed by atoms with Crippen molar-refractivity contribution in [2.75, 3.05) is 0 Å². The minimum Gasteiger partial charge on any atom is -0.0917 e. The molecule has 0 saturated heterocycles. The first-order chi connectivity index (χ1) is 31.9. The standard InChI is InChI=1S/C64H124/c1-3-5-7-9-11-13-15-17-19-21-23-25-27-29-31-33-35-37-39-41-43-45-47-49-51-53-55-57-59-61-63-64-62-60-58-56-54-52-50-48-46-44-42-40-38-36-34-32-30-28-26-24-22-20-18-16-14-12-10-8-6-4-2/h3-6,19,21H,7-18,20,22-64H2,1-2H3. The lowest BCUT2D eigenvalue weighted by atomic mass is 10.0. The fourth-order valence-electron chi connectivity index (χ4n) is 10.1. The van der Waals surface area contributed by atoms with Crippen molar-refractivity contribution in [1.29, 1.82) is 0 Å². The topological polar surface area (TPSA) is 0 Å². The van der Waals surface area contributed by atoms with Gasteiger partial charge in [-0.2, -0.15) is 0 Å². The zero-order valence-electron chi connectivity index (χ0n) is 45.1. The molecule has 0 radical (unpaired) electrons. The van der Waals surface area contributed by atoms with Gasteiger partial charge in [-0.05, 0) is 65.2 Å². The van der Waals surface area contributed by atoms with E-state index in [1.165, 1.54) is 360 Å². The van der Waals surface area contributed by atoms with E-state index in [1.807, 2.05) is 0 Å². The third-order valence-electron chi connectivity index (χ3n) is 14.6. The van der Waals surface area contributed by atoms with Crippen LogP contribution in [0.2, 0.25) is 0 Å². The molecular formula is C64H124. The first kappa shape index (κ1) is 63.2. The molecule has 64 heavy (non-hydrogen) atoms. The van der Waals surface area contributed by atoms with Crippen LogP contribution in [0.3, 0.4) is 0 Å². The van der Waals surface area contributed by atoms with Crippen molar-refractivity contribution >= 4 is 0 Å². The molecule has 0 fully saturated rings. The third-order valence-corrected chi connectivity index (χ3v) is 14.6. The van der Waals surface area contributed by atoms with Crippen LogP contribution in [-0.2, 0) is 0 Å². The Hall–Kier alpha value is -0.780. The van der Waals surface area contributed by atoms with E-state index in [0.717, 1.165) is 0 Å². The Kier molecular flexibility index (Phi) is 61.5. The van der Waals surface area contributed by atoms with Crippen LogP contribution >= 0.6 is 0 Å². The van der Waals surface area contributed by atoms with Crippen LogP contribution in [0.1, 0.15) is 373 Å². The first-order valence-corrected chi connectivity index (χ1v) is 30.8. The highest BCUT2D eigenvalue weighted by Crippen LogP contribution is 2.19. The Balaban J connectivity index is 3.09. The molecule has 0 aliphatic carbocycles. The van der Waals surface area contributed by atoms with E-state index in [2.05, 4.69) is 50.3 Å². The van der Waals surface area contributed by atoms with Gasteiger partial charge in [0.2, 0.25) is 0 Å². The Morgan fingerprint density at radius 2 is 0.219 bits per heavy atom. The minimum atomic E-state index is 1.27. The van der Waals surface area contributed by atoms with Crippen molar-refractivity contribution in [2.45, 2.75) is 373 Å². The second-order valence-corrected chi connectivity index (χ2v) is 21.1. The monoisotopic (exact) mass is 893 g/mol. The zero-order chi connectivity index (χ0) is 45.8. The minimum absolute atomic E-state index is 1.27. The quantitative estimate of drug-likeness (QED) is 0.0422. The maximum absolute atomic E-state index is 2.45. The summed E-state index contributed by atoms with van der Waals surface area (Å²) in [4.78, 5) is 0. The molecule has 0 N–H and O–H groups in total. The fraction of sp³-hybridized carbons (Fsp3) is 0.906. The van der Waals surface area contributed by atoms with Crippen molar-refractivity contribution in [3.63, 3.8) is 0 Å². The van der Waals surface area contributed by atoms with Crippen LogP contribution in [0.5, 0.6) is 0 Å². The Morgan fingerprint density at radius 1 is 0.125 bits per heavy atom. The summed E-state index contributed by atoms with van der Waals surface area (Å²) in [6.07, 6.45) is 95.7. The summed E-state index contributed by atoms with van der Waals surface area (Å²) >= 11 is 0. The summed E-state index contributed by atoms with van der Waals surface area (Å²) < 4.78 is 0. The normalized spacial score (nSPS) is 12.1. The molecule has 0 spiro atoms. The molecule has 0 saturated carbocycles. The highest BCUT2D eigenvalue weighted by atomic mass is 14.1. The number of allylic oxidation sites excluding steroid dienone is 6. The first-order valence-electron chi connectivity index (χ1n) is 30.8. The van der Waals surface area contributed by atoms with Crippen LogP contribution in [0.25, 0.3) is 0 Å². The summed E-state index contributed by atoms with van der Waals surface area (Å²) in [5.74, 6) is 0. The molecule has 0 nitrogen and oxygen atoms in total. The molecule has 0 aliphatic heterocycles. The zero-order valence-corrected chi connectivity index (χ0v) is 45.1. The largest absolute Gasteiger partial charge is 0.0917 e. The third kappa shape index (κ3) is 61.2. The molecule has 0 rings (SSSR count). The molecule has 380 valence electrons. The fourth-order valence-corrected chi connectivity index (χ4v) is 10.1. The SMILES string of the molecule is CC=CCCCCCCC=CCCCCCCCCCCCCCCCCCCCCCCCCCCCCCCCCCCCCCCCCCCCCCCCCCCC=CC. The van der Waals surface area contributed by atoms with E-state index in [1.54, 1.807) is 0 Å². The number of hydrogen-bond donors (Lipinski definition) is 0. The van der Waals surface area contributed by atoms with E-state index in [-0.39, 0.29) is 0 Å². The molecule has 0 heteroatoms. The van der Waals surface area contributed by atoms with Gasteiger partial charge in [0, 0.05) is 0 Å². The van der Waals surface area contributed by atoms with Gasteiger partial charge in [0.15, 0.2) is 0 Å². The van der Waals surface area contributed by atoms with Crippen LogP contribution in [0.4, 0.5) is 0 Å². The second kappa shape index (κ2) is 62.2. The van der Waals surface area contributed by atoms with Crippen molar-refractivity contribution in [3.05, 3.63) is 36.5 Å². The molecule has 0 bridgehead atoms. The van der Waals surface area contributed by atoms with E-state index in [9.17, 15) is 0 Å². The second-order valence-electron chi connectivity index (χ2n) is 21.1. The van der Waals surface area contributed by atoms with Crippen molar-refractivity contribution in [2.24, 2.45) is 0 Å². The smallest absolute Gasteiger partial charge is 0.0351 e. The predicted octanol–water partition coefficient (Wildman–Crippen LogP) is 24.5. The van der Waals surface area contributed by atoms with Gasteiger partial charge in [-0.25, -0.2) is 0 Å².